The maximum absolute atomic E-state index is 4.53. The Hall–Kier alpha value is -2.48. The first kappa shape index (κ1) is 36.0. The SMILES string of the molecule is CP(c1ccccc1)c1ccccc1.CP(c1ccccc1)c1ccccc1.CP(c1ccccc1)c1ccccc1.[Cl][Rh]. The molecule has 5 heteroatoms. The van der Waals surface area contributed by atoms with Crippen LogP contribution >= 0.6 is 33.5 Å². The minimum atomic E-state index is -0.171. The van der Waals surface area contributed by atoms with E-state index in [-0.39, 0.29) is 23.8 Å². The van der Waals surface area contributed by atoms with E-state index in [4.69, 9.17) is 0 Å². The molecule has 226 valence electrons. The molecule has 0 aliphatic carbocycles. The van der Waals surface area contributed by atoms with Crippen LogP contribution in [0.4, 0.5) is 0 Å². The first-order valence-electron chi connectivity index (χ1n) is 14.3. The zero-order valence-corrected chi connectivity index (χ0v) is 30.5. The molecule has 6 aromatic carbocycles. The number of hydrogen-bond acceptors (Lipinski definition) is 0. The normalized spacial score (nSPS) is 10.1. The van der Waals surface area contributed by atoms with Crippen LogP contribution in [0.2, 0.25) is 0 Å². The molecule has 0 radical (unpaired) electrons. The first-order valence-corrected chi connectivity index (χ1v) is 21.8. The van der Waals surface area contributed by atoms with Gasteiger partial charge in [-0.1, -0.05) is 182 Å². The van der Waals surface area contributed by atoms with Crippen molar-refractivity contribution in [1.82, 2.24) is 0 Å². The third-order valence-corrected chi connectivity index (χ3v) is 13.3. The standard InChI is InChI=1S/3C13H13P.ClH.Rh/c3*1-14(12-8-4-2-5-9-12)13-10-6-3-7-11-13;;/h3*2-11H,1H3;1H;/q;;;;+1/p-1. The van der Waals surface area contributed by atoms with E-state index in [1.165, 1.54) is 31.8 Å². The average molecular weight is 739 g/mol. The summed E-state index contributed by atoms with van der Waals surface area (Å²) in [6, 6.07) is 64.2. The summed E-state index contributed by atoms with van der Waals surface area (Å²) in [5, 5.41) is 8.63. The second kappa shape index (κ2) is 21.3. The topological polar surface area (TPSA) is 0 Å². The van der Waals surface area contributed by atoms with Gasteiger partial charge in [-0.05, 0) is 75.6 Å². The molecule has 0 aliphatic rings. The summed E-state index contributed by atoms with van der Waals surface area (Å²) in [4.78, 5) is 0. The van der Waals surface area contributed by atoms with Crippen LogP contribution in [0.15, 0.2) is 182 Å². The Morgan fingerprint density at radius 2 is 0.386 bits per heavy atom. The van der Waals surface area contributed by atoms with Crippen LogP contribution in [0.5, 0.6) is 0 Å². The predicted molar refractivity (Wildman–Crippen MR) is 201 cm³/mol. The van der Waals surface area contributed by atoms with Gasteiger partial charge in [0.2, 0.25) is 0 Å². The number of halogens is 1. The third kappa shape index (κ3) is 12.1. The van der Waals surface area contributed by atoms with Gasteiger partial charge in [0.1, 0.15) is 0 Å². The van der Waals surface area contributed by atoms with E-state index in [0.717, 1.165) is 0 Å². The van der Waals surface area contributed by atoms with Crippen molar-refractivity contribution in [3.63, 3.8) is 0 Å². The molecule has 6 rings (SSSR count). The van der Waals surface area contributed by atoms with Crippen LogP contribution in [0.3, 0.4) is 0 Å². The van der Waals surface area contributed by atoms with Crippen LogP contribution in [-0.2, 0) is 17.3 Å². The van der Waals surface area contributed by atoms with E-state index in [2.05, 4.69) is 212 Å². The molecule has 0 nitrogen and oxygen atoms in total. The van der Waals surface area contributed by atoms with Gasteiger partial charge >= 0.3 is 27.0 Å². The summed E-state index contributed by atoms with van der Waals surface area (Å²) in [6.07, 6.45) is 0. The second-order valence-electron chi connectivity index (χ2n) is 9.69. The summed E-state index contributed by atoms with van der Waals surface area (Å²) in [5.74, 6) is 0. The van der Waals surface area contributed by atoms with Gasteiger partial charge in [-0.3, -0.25) is 0 Å². The molecule has 0 heterocycles. The van der Waals surface area contributed by atoms with E-state index >= 15 is 0 Å². The van der Waals surface area contributed by atoms with Crippen molar-refractivity contribution in [2.75, 3.05) is 20.0 Å². The number of hydrogen-bond donors (Lipinski definition) is 0. The molecule has 0 bridgehead atoms. The first-order chi connectivity index (χ1) is 21.6. The van der Waals surface area contributed by atoms with Crippen LogP contribution in [0.1, 0.15) is 0 Å². The number of benzene rings is 6. The minimum absolute atomic E-state index is 0.171. The summed E-state index contributed by atoms with van der Waals surface area (Å²) in [6.45, 7) is 6.92. The van der Waals surface area contributed by atoms with Crippen molar-refractivity contribution in [3.8, 4) is 0 Å². The molecular formula is C39H39ClP3Rh. The van der Waals surface area contributed by atoms with Gasteiger partial charge in [0.25, 0.3) is 0 Å². The molecule has 6 aromatic rings. The average Bonchev–Trinajstić information content (AvgIpc) is 3.14. The van der Waals surface area contributed by atoms with Gasteiger partial charge in [0.05, 0.1) is 0 Å². The molecule has 0 fully saturated rings. The Kier molecular flexibility index (Phi) is 17.4. The summed E-state index contributed by atoms with van der Waals surface area (Å²) >= 11 is 2.02. The van der Waals surface area contributed by atoms with Gasteiger partial charge in [0.15, 0.2) is 0 Å². The molecule has 0 amide bonds. The number of rotatable bonds is 6. The Morgan fingerprint density at radius 1 is 0.273 bits per heavy atom. The van der Waals surface area contributed by atoms with Crippen molar-refractivity contribution in [1.29, 1.82) is 0 Å². The summed E-state index contributed by atoms with van der Waals surface area (Å²) in [5.41, 5.74) is 0. The maximum atomic E-state index is 4.53. The van der Waals surface area contributed by atoms with Crippen molar-refractivity contribution < 1.29 is 17.3 Å². The Bertz CT molecular complexity index is 1230. The van der Waals surface area contributed by atoms with Crippen LogP contribution in [-0.4, -0.2) is 20.0 Å². The zero-order valence-electron chi connectivity index (χ0n) is 25.4. The second-order valence-corrected chi connectivity index (χ2v) is 16.1. The molecule has 0 unspecified atom stereocenters. The fraction of sp³-hybridized carbons (Fsp3) is 0.0769. The van der Waals surface area contributed by atoms with Gasteiger partial charge < -0.3 is 0 Å². The molecule has 0 aromatic heterocycles. The molecule has 0 N–H and O–H groups in total. The molecule has 0 saturated carbocycles. The fourth-order valence-corrected chi connectivity index (χ4v) is 8.97. The predicted octanol–water partition coefficient (Wildman–Crippen LogP) is 8.93. The quantitative estimate of drug-likeness (QED) is 0.118. The van der Waals surface area contributed by atoms with Crippen LogP contribution in [0.25, 0.3) is 0 Å². The molecular weight excluding hydrogens is 700 g/mol. The Morgan fingerprint density at radius 3 is 0.500 bits per heavy atom. The molecule has 0 saturated heterocycles. The van der Waals surface area contributed by atoms with Crippen LogP contribution in [0, 0.1) is 0 Å². The van der Waals surface area contributed by atoms with Gasteiger partial charge in [-0.25, -0.2) is 0 Å². The summed E-state index contributed by atoms with van der Waals surface area (Å²) < 4.78 is 0. The molecule has 44 heavy (non-hydrogen) atoms. The Labute approximate surface area is 282 Å². The van der Waals surface area contributed by atoms with E-state index < -0.39 is 0 Å². The van der Waals surface area contributed by atoms with Gasteiger partial charge in [-0.15, -0.1) is 0 Å². The van der Waals surface area contributed by atoms with Crippen molar-refractivity contribution >= 4 is 65.3 Å². The van der Waals surface area contributed by atoms with E-state index in [1.807, 2.05) is 17.3 Å². The van der Waals surface area contributed by atoms with Gasteiger partial charge in [0, 0.05) is 0 Å². The van der Waals surface area contributed by atoms with E-state index in [1.54, 1.807) is 0 Å². The Balaban J connectivity index is 0.000000175. The fourth-order valence-electron chi connectivity index (χ4n) is 4.36. The van der Waals surface area contributed by atoms with Crippen molar-refractivity contribution in [2.45, 2.75) is 0 Å². The van der Waals surface area contributed by atoms with Crippen LogP contribution < -0.4 is 31.8 Å². The van der Waals surface area contributed by atoms with Crippen molar-refractivity contribution in [2.24, 2.45) is 0 Å². The molecule has 0 aliphatic heterocycles. The van der Waals surface area contributed by atoms with E-state index in [9.17, 15) is 0 Å². The molecule has 0 spiro atoms. The monoisotopic (exact) mass is 738 g/mol. The van der Waals surface area contributed by atoms with Crippen molar-refractivity contribution in [3.05, 3.63) is 182 Å². The third-order valence-electron chi connectivity index (χ3n) is 6.86. The summed E-state index contributed by atoms with van der Waals surface area (Å²) in [7, 11) is 4.02. The van der Waals surface area contributed by atoms with E-state index in [0.29, 0.717) is 0 Å². The zero-order chi connectivity index (χ0) is 31.4. The van der Waals surface area contributed by atoms with Gasteiger partial charge in [-0.2, -0.15) is 0 Å². The molecule has 0 atom stereocenters.